The van der Waals surface area contributed by atoms with Crippen LogP contribution in [0, 0.1) is 12.8 Å². The second-order valence-electron chi connectivity index (χ2n) is 9.20. The van der Waals surface area contributed by atoms with Gasteiger partial charge >= 0.3 is 0 Å². The molecule has 5 nitrogen and oxygen atoms in total. The van der Waals surface area contributed by atoms with Crippen molar-refractivity contribution in [3.8, 4) is 11.4 Å². The average molecular weight is 417 g/mol. The van der Waals surface area contributed by atoms with Crippen molar-refractivity contribution in [2.75, 3.05) is 19.0 Å². The quantitative estimate of drug-likeness (QED) is 0.525. The normalized spacial score (nSPS) is 21.1. The molecule has 3 aromatic rings. The van der Waals surface area contributed by atoms with Crippen molar-refractivity contribution in [3.05, 3.63) is 65.7 Å². The molecule has 0 unspecified atom stereocenters. The van der Waals surface area contributed by atoms with E-state index in [1.54, 1.807) is 7.11 Å². The van der Waals surface area contributed by atoms with Gasteiger partial charge in [0.05, 0.1) is 12.8 Å². The molecule has 2 aliphatic carbocycles. The summed E-state index contributed by atoms with van der Waals surface area (Å²) in [5.74, 6) is 3.96. The van der Waals surface area contributed by atoms with Gasteiger partial charge in [-0.1, -0.05) is 18.2 Å². The Balaban J connectivity index is 1.15. The molecular formula is C26H32N4O. The topological polar surface area (TPSA) is 52.0 Å². The van der Waals surface area contributed by atoms with Gasteiger partial charge in [-0.3, -0.25) is 0 Å². The largest absolute Gasteiger partial charge is 0.496 e. The highest BCUT2D eigenvalue weighted by Crippen LogP contribution is 2.38. The summed E-state index contributed by atoms with van der Waals surface area (Å²) < 4.78 is 7.32. The van der Waals surface area contributed by atoms with Crippen LogP contribution in [0.15, 0.2) is 48.8 Å². The van der Waals surface area contributed by atoms with Gasteiger partial charge in [0.2, 0.25) is 0 Å². The van der Waals surface area contributed by atoms with Crippen LogP contribution in [0.3, 0.4) is 0 Å². The average Bonchev–Trinajstić information content (AvgIpc) is 3.54. The number of hydrogen-bond donors (Lipinski definition) is 1. The third-order valence-electron chi connectivity index (χ3n) is 6.89. The fourth-order valence-corrected chi connectivity index (χ4v) is 4.80. The van der Waals surface area contributed by atoms with Crippen LogP contribution in [0.4, 0.5) is 5.69 Å². The van der Waals surface area contributed by atoms with Crippen molar-refractivity contribution >= 4 is 5.69 Å². The number of methoxy groups -OCH3 is 1. The predicted octanol–water partition coefficient (Wildman–Crippen LogP) is 5.85. The first-order chi connectivity index (χ1) is 15.2. The maximum absolute atomic E-state index is 5.41. The van der Waals surface area contributed by atoms with Crippen LogP contribution >= 0.6 is 0 Å². The van der Waals surface area contributed by atoms with Crippen molar-refractivity contribution < 1.29 is 4.74 Å². The molecule has 1 N–H and O–H groups in total. The molecule has 0 bridgehead atoms. The molecular weight excluding hydrogens is 384 g/mol. The fourth-order valence-electron chi connectivity index (χ4n) is 4.80. The zero-order valence-electron chi connectivity index (χ0n) is 18.6. The standard InChI is InChI=1S/C26H32N4O/c1-18-14-22(12-13-25(18)31-2)20-8-6-19(7-9-20)16-27-23-4-3-5-24(15-23)30-17-28-26(29-30)21-10-11-21/h3-5,12-15,17,19-21,27H,6-11,16H2,1-2H3. The van der Waals surface area contributed by atoms with Crippen LogP contribution < -0.4 is 10.1 Å². The van der Waals surface area contributed by atoms with Gasteiger partial charge in [-0.2, -0.15) is 5.10 Å². The SMILES string of the molecule is COc1ccc(C2CCC(CNc3cccc(-n4cnc(C5CC5)n4)c3)CC2)cc1C. The molecule has 5 rings (SSSR count). The smallest absolute Gasteiger partial charge is 0.154 e. The van der Waals surface area contributed by atoms with Crippen molar-refractivity contribution in [3.63, 3.8) is 0 Å². The molecule has 0 spiro atoms. The van der Waals surface area contributed by atoms with Crippen LogP contribution in [-0.2, 0) is 0 Å². The predicted molar refractivity (Wildman–Crippen MR) is 124 cm³/mol. The van der Waals surface area contributed by atoms with Crippen LogP contribution in [0.5, 0.6) is 5.75 Å². The van der Waals surface area contributed by atoms with Crippen LogP contribution in [0.25, 0.3) is 5.69 Å². The monoisotopic (exact) mass is 416 g/mol. The lowest BCUT2D eigenvalue weighted by molar-refractivity contribution is 0.338. The second-order valence-corrected chi connectivity index (χ2v) is 9.20. The minimum Gasteiger partial charge on any atom is -0.496 e. The molecule has 0 aliphatic heterocycles. The van der Waals surface area contributed by atoms with E-state index < -0.39 is 0 Å². The molecule has 31 heavy (non-hydrogen) atoms. The highest BCUT2D eigenvalue weighted by molar-refractivity contribution is 5.50. The van der Waals surface area contributed by atoms with Crippen LogP contribution in [-0.4, -0.2) is 28.4 Å². The third-order valence-corrected chi connectivity index (χ3v) is 6.89. The Bertz CT molecular complexity index is 1030. The van der Waals surface area contributed by atoms with Crippen LogP contribution in [0.1, 0.15) is 67.3 Å². The molecule has 162 valence electrons. The van der Waals surface area contributed by atoms with E-state index in [0.29, 0.717) is 11.8 Å². The van der Waals surface area contributed by atoms with Crippen molar-refractivity contribution in [1.29, 1.82) is 0 Å². The summed E-state index contributed by atoms with van der Waals surface area (Å²) >= 11 is 0. The Morgan fingerprint density at radius 3 is 2.55 bits per heavy atom. The number of nitrogens with one attached hydrogen (secondary N) is 1. The minimum atomic E-state index is 0.583. The summed E-state index contributed by atoms with van der Waals surface area (Å²) in [5.41, 5.74) is 4.94. The number of hydrogen-bond acceptors (Lipinski definition) is 4. The Labute approximate surface area is 184 Å². The molecule has 0 radical (unpaired) electrons. The highest BCUT2D eigenvalue weighted by Gasteiger charge is 2.27. The number of ether oxygens (including phenoxy) is 1. The van der Waals surface area contributed by atoms with E-state index in [4.69, 9.17) is 4.74 Å². The first-order valence-corrected chi connectivity index (χ1v) is 11.6. The Hall–Kier alpha value is -2.82. The third kappa shape index (κ3) is 4.60. The molecule has 2 aromatic carbocycles. The van der Waals surface area contributed by atoms with Gasteiger partial charge in [0.25, 0.3) is 0 Å². The van der Waals surface area contributed by atoms with E-state index in [1.807, 2.05) is 11.0 Å². The lowest BCUT2D eigenvalue weighted by atomic mass is 9.78. The summed E-state index contributed by atoms with van der Waals surface area (Å²) in [4.78, 5) is 4.48. The number of rotatable bonds is 7. The molecule has 2 fully saturated rings. The van der Waals surface area contributed by atoms with Gasteiger partial charge in [0.1, 0.15) is 12.1 Å². The lowest BCUT2D eigenvalue weighted by Gasteiger charge is -2.29. The fraction of sp³-hybridized carbons (Fsp3) is 0.462. The zero-order chi connectivity index (χ0) is 21.2. The molecule has 0 saturated heterocycles. The van der Waals surface area contributed by atoms with Gasteiger partial charge in [0.15, 0.2) is 5.82 Å². The van der Waals surface area contributed by atoms with E-state index in [0.717, 1.165) is 35.4 Å². The Morgan fingerprint density at radius 1 is 1.00 bits per heavy atom. The highest BCUT2D eigenvalue weighted by atomic mass is 16.5. The van der Waals surface area contributed by atoms with Crippen molar-refractivity contribution in [2.45, 2.75) is 57.3 Å². The van der Waals surface area contributed by atoms with E-state index in [2.05, 4.69) is 64.8 Å². The Kier molecular flexibility index (Phi) is 5.66. The van der Waals surface area contributed by atoms with Gasteiger partial charge in [0, 0.05) is 18.2 Å². The van der Waals surface area contributed by atoms with E-state index in [1.165, 1.54) is 49.7 Å². The molecule has 2 saturated carbocycles. The molecule has 2 aliphatic rings. The van der Waals surface area contributed by atoms with E-state index in [9.17, 15) is 0 Å². The molecule has 0 amide bonds. The Morgan fingerprint density at radius 2 is 1.81 bits per heavy atom. The minimum absolute atomic E-state index is 0.583. The summed E-state index contributed by atoms with van der Waals surface area (Å²) in [6.45, 7) is 3.17. The maximum Gasteiger partial charge on any atom is 0.154 e. The van der Waals surface area contributed by atoms with Gasteiger partial charge in [-0.25, -0.2) is 9.67 Å². The van der Waals surface area contributed by atoms with E-state index in [-0.39, 0.29) is 0 Å². The summed E-state index contributed by atoms with van der Waals surface area (Å²) in [6.07, 6.45) is 9.38. The van der Waals surface area contributed by atoms with Crippen molar-refractivity contribution in [1.82, 2.24) is 14.8 Å². The molecule has 1 aromatic heterocycles. The van der Waals surface area contributed by atoms with Gasteiger partial charge in [-0.15, -0.1) is 0 Å². The van der Waals surface area contributed by atoms with Gasteiger partial charge in [-0.05, 0) is 92.7 Å². The molecule has 5 heteroatoms. The number of aryl methyl sites for hydroxylation is 1. The number of aromatic nitrogens is 3. The van der Waals surface area contributed by atoms with Crippen molar-refractivity contribution in [2.24, 2.45) is 5.92 Å². The summed E-state index contributed by atoms with van der Waals surface area (Å²) in [5, 5.41) is 8.32. The number of benzene rings is 2. The van der Waals surface area contributed by atoms with Gasteiger partial charge < -0.3 is 10.1 Å². The maximum atomic E-state index is 5.41. The lowest BCUT2D eigenvalue weighted by Crippen LogP contribution is -2.20. The first-order valence-electron chi connectivity index (χ1n) is 11.6. The summed E-state index contributed by atoms with van der Waals surface area (Å²) in [6, 6.07) is 15.2. The molecule has 1 heterocycles. The zero-order valence-corrected chi connectivity index (χ0v) is 18.6. The number of nitrogens with zero attached hydrogens (tertiary/aromatic N) is 3. The van der Waals surface area contributed by atoms with E-state index >= 15 is 0 Å². The first kappa shape index (κ1) is 20.1. The molecule has 0 atom stereocenters. The second kappa shape index (κ2) is 8.74. The summed E-state index contributed by atoms with van der Waals surface area (Å²) in [7, 11) is 1.74. The number of anilines is 1. The van der Waals surface area contributed by atoms with Crippen LogP contribution in [0.2, 0.25) is 0 Å².